The largest absolute Gasteiger partial charge is 0.493 e. The van der Waals surface area contributed by atoms with Crippen LogP contribution in [0.1, 0.15) is 11.3 Å². The lowest BCUT2D eigenvalue weighted by molar-refractivity contribution is 0.371. The van der Waals surface area contributed by atoms with Crippen LogP contribution in [0.3, 0.4) is 0 Å². The monoisotopic (exact) mass is 259 g/mol. The highest BCUT2D eigenvalue weighted by molar-refractivity contribution is 5.48. The molecule has 5 nitrogen and oxygen atoms in total. The van der Waals surface area contributed by atoms with Crippen molar-refractivity contribution < 1.29 is 9.47 Å². The fourth-order valence-corrected chi connectivity index (χ4v) is 1.78. The molecular weight excluding hydrogens is 242 g/mol. The Bertz CT molecular complexity index is 558. The van der Waals surface area contributed by atoms with E-state index in [4.69, 9.17) is 15.2 Å². The number of hydrogen-bond acceptors (Lipinski definition) is 5. The summed E-state index contributed by atoms with van der Waals surface area (Å²) in [7, 11) is 1.61. The maximum absolute atomic E-state index is 5.83. The average molecular weight is 259 g/mol. The zero-order valence-electron chi connectivity index (χ0n) is 11.1. The number of methoxy groups -OCH3 is 1. The van der Waals surface area contributed by atoms with E-state index in [0.29, 0.717) is 23.9 Å². The van der Waals surface area contributed by atoms with Crippen LogP contribution in [0.4, 0.5) is 0 Å². The fourth-order valence-electron chi connectivity index (χ4n) is 1.78. The third-order valence-corrected chi connectivity index (χ3v) is 2.68. The molecule has 0 aliphatic rings. The van der Waals surface area contributed by atoms with Crippen LogP contribution in [0.25, 0.3) is 0 Å². The van der Waals surface area contributed by atoms with Crippen molar-refractivity contribution >= 4 is 0 Å². The van der Waals surface area contributed by atoms with E-state index in [1.165, 1.54) is 6.33 Å². The lowest BCUT2D eigenvalue weighted by atomic mass is 10.1. The SMILES string of the molecule is COc1cccc(CCN)c1Oc1cc(C)ncn1. The van der Waals surface area contributed by atoms with Gasteiger partial charge in [-0.15, -0.1) is 0 Å². The smallest absolute Gasteiger partial charge is 0.222 e. The van der Waals surface area contributed by atoms with Crippen molar-refractivity contribution in [1.82, 2.24) is 9.97 Å². The van der Waals surface area contributed by atoms with Gasteiger partial charge in [-0.2, -0.15) is 0 Å². The molecule has 1 aromatic carbocycles. The predicted molar refractivity (Wildman–Crippen MR) is 72.6 cm³/mol. The molecule has 1 heterocycles. The number of aryl methyl sites for hydroxylation is 1. The first-order valence-electron chi connectivity index (χ1n) is 6.07. The van der Waals surface area contributed by atoms with Crippen molar-refractivity contribution in [2.45, 2.75) is 13.3 Å². The maximum atomic E-state index is 5.83. The molecule has 0 fully saturated rings. The Labute approximate surface area is 112 Å². The van der Waals surface area contributed by atoms with Crippen molar-refractivity contribution in [2.24, 2.45) is 5.73 Å². The molecule has 0 aliphatic carbocycles. The van der Waals surface area contributed by atoms with Crippen LogP contribution in [0.2, 0.25) is 0 Å². The van der Waals surface area contributed by atoms with Crippen LogP contribution in [0, 0.1) is 6.92 Å². The summed E-state index contributed by atoms with van der Waals surface area (Å²) in [6, 6.07) is 7.52. The van der Waals surface area contributed by atoms with Gasteiger partial charge in [-0.05, 0) is 31.5 Å². The van der Waals surface area contributed by atoms with E-state index in [1.54, 1.807) is 13.2 Å². The predicted octanol–water partition coefficient (Wildman–Crippen LogP) is 2.09. The van der Waals surface area contributed by atoms with Gasteiger partial charge in [0, 0.05) is 11.8 Å². The quantitative estimate of drug-likeness (QED) is 0.890. The molecule has 2 rings (SSSR count). The molecule has 1 aromatic heterocycles. The van der Waals surface area contributed by atoms with Crippen LogP contribution < -0.4 is 15.2 Å². The van der Waals surface area contributed by atoms with Crippen LogP contribution >= 0.6 is 0 Å². The molecule has 2 N–H and O–H groups in total. The Morgan fingerprint density at radius 1 is 1.26 bits per heavy atom. The van der Waals surface area contributed by atoms with Gasteiger partial charge in [-0.3, -0.25) is 0 Å². The number of ether oxygens (including phenoxy) is 2. The minimum absolute atomic E-state index is 0.496. The summed E-state index contributed by atoms with van der Waals surface area (Å²) < 4.78 is 11.2. The number of aromatic nitrogens is 2. The molecule has 0 aliphatic heterocycles. The van der Waals surface area contributed by atoms with Crippen LogP contribution in [0.5, 0.6) is 17.4 Å². The number of hydrogen-bond donors (Lipinski definition) is 1. The number of benzene rings is 1. The molecule has 0 spiro atoms. The van der Waals surface area contributed by atoms with Gasteiger partial charge in [0.15, 0.2) is 11.5 Å². The van der Waals surface area contributed by atoms with E-state index in [9.17, 15) is 0 Å². The van der Waals surface area contributed by atoms with E-state index in [-0.39, 0.29) is 0 Å². The van der Waals surface area contributed by atoms with Crippen LogP contribution in [-0.4, -0.2) is 23.6 Å². The summed E-state index contributed by atoms with van der Waals surface area (Å²) in [5.74, 6) is 1.83. The van der Waals surface area contributed by atoms with Gasteiger partial charge < -0.3 is 15.2 Å². The van der Waals surface area contributed by atoms with Gasteiger partial charge in [-0.1, -0.05) is 12.1 Å². The third-order valence-electron chi connectivity index (χ3n) is 2.68. The average Bonchev–Trinajstić information content (AvgIpc) is 2.41. The molecule has 0 amide bonds. The number of rotatable bonds is 5. The Balaban J connectivity index is 2.36. The second-order valence-corrected chi connectivity index (χ2v) is 4.09. The van der Waals surface area contributed by atoms with E-state index >= 15 is 0 Å². The molecule has 5 heteroatoms. The molecule has 0 unspecified atom stereocenters. The summed E-state index contributed by atoms with van der Waals surface area (Å²) >= 11 is 0. The minimum Gasteiger partial charge on any atom is -0.493 e. The first-order valence-corrected chi connectivity index (χ1v) is 6.07. The highest BCUT2D eigenvalue weighted by atomic mass is 16.5. The Kier molecular flexibility index (Phi) is 4.30. The molecule has 0 radical (unpaired) electrons. The maximum Gasteiger partial charge on any atom is 0.222 e. The molecule has 100 valence electrons. The van der Waals surface area contributed by atoms with Crippen molar-refractivity contribution in [3.8, 4) is 17.4 Å². The summed E-state index contributed by atoms with van der Waals surface area (Å²) in [5, 5.41) is 0. The summed E-state index contributed by atoms with van der Waals surface area (Å²) in [4.78, 5) is 8.13. The molecule has 2 aromatic rings. The lowest BCUT2D eigenvalue weighted by Gasteiger charge is -2.13. The fraction of sp³-hybridized carbons (Fsp3) is 0.286. The van der Waals surface area contributed by atoms with Crippen molar-refractivity contribution in [1.29, 1.82) is 0 Å². The van der Waals surface area contributed by atoms with E-state index in [2.05, 4.69) is 9.97 Å². The van der Waals surface area contributed by atoms with E-state index in [0.717, 1.165) is 17.7 Å². The first kappa shape index (κ1) is 13.3. The third kappa shape index (κ3) is 3.20. The minimum atomic E-state index is 0.496. The second-order valence-electron chi connectivity index (χ2n) is 4.09. The summed E-state index contributed by atoms with van der Waals surface area (Å²) in [5.41, 5.74) is 7.46. The number of nitrogens with two attached hydrogens (primary N) is 1. The number of nitrogens with zero attached hydrogens (tertiary/aromatic N) is 2. The lowest BCUT2D eigenvalue weighted by Crippen LogP contribution is -2.05. The van der Waals surface area contributed by atoms with Crippen molar-refractivity contribution in [3.05, 3.63) is 41.9 Å². The van der Waals surface area contributed by atoms with E-state index < -0.39 is 0 Å². The van der Waals surface area contributed by atoms with Crippen LogP contribution in [-0.2, 0) is 6.42 Å². The Morgan fingerprint density at radius 2 is 2.11 bits per heavy atom. The second kappa shape index (κ2) is 6.15. The van der Waals surface area contributed by atoms with Gasteiger partial charge in [0.1, 0.15) is 6.33 Å². The van der Waals surface area contributed by atoms with Gasteiger partial charge in [0.2, 0.25) is 5.88 Å². The molecule has 0 saturated heterocycles. The van der Waals surface area contributed by atoms with Crippen molar-refractivity contribution in [2.75, 3.05) is 13.7 Å². The zero-order valence-corrected chi connectivity index (χ0v) is 11.1. The number of para-hydroxylation sites is 1. The molecule has 0 saturated carbocycles. The van der Waals surface area contributed by atoms with E-state index in [1.807, 2.05) is 25.1 Å². The Morgan fingerprint density at radius 3 is 2.79 bits per heavy atom. The standard InChI is InChI=1S/C14H17N3O2/c1-10-8-13(17-9-16-10)19-14-11(6-7-15)4-3-5-12(14)18-2/h3-5,8-9H,6-7,15H2,1-2H3. The molecular formula is C14H17N3O2. The van der Waals surface area contributed by atoms with Gasteiger partial charge in [0.25, 0.3) is 0 Å². The molecule has 0 bridgehead atoms. The Hall–Kier alpha value is -2.14. The van der Waals surface area contributed by atoms with Gasteiger partial charge >= 0.3 is 0 Å². The summed E-state index contributed by atoms with van der Waals surface area (Å²) in [6.07, 6.45) is 2.19. The topological polar surface area (TPSA) is 70.3 Å². The highest BCUT2D eigenvalue weighted by Crippen LogP contribution is 2.34. The highest BCUT2D eigenvalue weighted by Gasteiger charge is 2.12. The van der Waals surface area contributed by atoms with Crippen molar-refractivity contribution in [3.63, 3.8) is 0 Å². The normalized spacial score (nSPS) is 10.3. The zero-order chi connectivity index (χ0) is 13.7. The van der Waals surface area contributed by atoms with Crippen LogP contribution in [0.15, 0.2) is 30.6 Å². The molecule has 19 heavy (non-hydrogen) atoms. The van der Waals surface area contributed by atoms with Gasteiger partial charge in [0.05, 0.1) is 7.11 Å². The summed E-state index contributed by atoms with van der Waals surface area (Å²) in [6.45, 7) is 2.43. The van der Waals surface area contributed by atoms with Gasteiger partial charge in [-0.25, -0.2) is 9.97 Å². The molecule has 0 atom stereocenters. The first-order chi connectivity index (χ1) is 9.24.